The van der Waals surface area contributed by atoms with Crippen LogP contribution in [0.25, 0.3) is 6.08 Å². The van der Waals surface area contributed by atoms with E-state index in [1.807, 2.05) is 0 Å². The smallest absolute Gasteiger partial charge is 0.262 e. The summed E-state index contributed by atoms with van der Waals surface area (Å²) < 4.78 is 1.56. The van der Waals surface area contributed by atoms with Gasteiger partial charge in [-0.2, -0.15) is 10.1 Å². The molecule has 1 unspecified atom stereocenters. The first-order chi connectivity index (χ1) is 8.25. The molecule has 0 saturated heterocycles. The lowest BCUT2D eigenvalue weighted by Gasteiger charge is -2.10. The van der Waals surface area contributed by atoms with Crippen molar-refractivity contribution >= 4 is 12.0 Å². The zero-order valence-electron chi connectivity index (χ0n) is 8.98. The Morgan fingerprint density at radius 2 is 2.18 bits per heavy atom. The first-order valence-corrected chi connectivity index (χ1v) is 5.00. The lowest BCUT2D eigenvalue weighted by atomic mass is 10.1. The molecule has 1 aliphatic heterocycles. The van der Waals surface area contributed by atoms with Crippen molar-refractivity contribution in [2.24, 2.45) is 12.0 Å². The Hall–Kier alpha value is -2.44. The van der Waals surface area contributed by atoms with Crippen molar-refractivity contribution in [1.82, 2.24) is 24.7 Å². The maximum Gasteiger partial charge on any atom is 0.262 e. The maximum absolute atomic E-state index is 11.9. The summed E-state index contributed by atoms with van der Waals surface area (Å²) >= 11 is 0. The van der Waals surface area contributed by atoms with E-state index in [0.29, 0.717) is 11.3 Å². The van der Waals surface area contributed by atoms with Crippen LogP contribution in [0.1, 0.15) is 11.7 Å². The molecule has 0 fully saturated rings. The normalized spacial score (nSPS) is 18.2. The van der Waals surface area contributed by atoms with Crippen LogP contribution in [0.5, 0.6) is 0 Å². The van der Waals surface area contributed by atoms with Crippen LogP contribution in [0.3, 0.4) is 0 Å². The summed E-state index contributed by atoms with van der Waals surface area (Å²) in [5.74, 6) is -0.235. The molecule has 2 aromatic heterocycles. The van der Waals surface area contributed by atoms with Crippen LogP contribution < -0.4 is 10.7 Å². The standard InChI is InChI=1S/C10H8N6O/c1-16-9(13-5-14-16)7-2-6-3-11-4-12-8(6)15-10(7)17/h2-5,7H,1H3. The Morgan fingerprint density at radius 1 is 1.29 bits per heavy atom. The van der Waals surface area contributed by atoms with Crippen molar-refractivity contribution in [3.05, 3.63) is 35.4 Å². The molecule has 7 heteroatoms. The Kier molecular flexibility index (Phi) is 2.04. The third-order valence-electron chi connectivity index (χ3n) is 2.57. The quantitative estimate of drug-likeness (QED) is 0.582. The summed E-state index contributed by atoms with van der Waals surface area (Å²) in [6, 6.07) is 0. The molecule has 1 atom stereocenters. The Morgan fingerprint density at radius 3 is 2.94 bits per heavy atom. The number of nitrogens with zero attached hydrogens (tertiary/aromatic N) is 6. The zero-order valence-corrected chi connectivity index (χ0v) is 8.98. The highest BCUT2D eigenvalue weighted by atomic mass is 16.1. The molecule has 2 aromatic rings. The minimum absolute atomic E-state index is 0.285. The van der Waals surface area contributed by atoms with Crippen LogP contribution in [0.2, 0.25) is 0 Å². The number of carbonyl (C=O) groups is 1. The van der Waals surface area contributed by atoms with Crippen molar-refractivity contribution in [2.45, 2.75) is 5.92 Å². The number of aromatic nitrogens is 5. The van der Waals surface area contributed by atoms with Gasteiger partial charge in [-0.25, -0.2) is 15.0 Å². The van der Waals surface area contributed by atoms with Gasteiger partial charge in [0.25, 0.3) is 5.91 Å². The molecular weight excluding hydrogens is 220 g/mol. The van der Waals surface area contributed by atoms with Crippen molar-refractivity contribution in [3.63, 3.8) is 0 Å². The molecule has 3 rings (SSSR count). The molecule has 7 nitrogen and oxygen atoms in total. The predicted octanol–water partition coefficient (Wildman–Crippen LogP) is -1.67. The van der Waals surface area contributed by atoms with Gasteiger partial charge in [-0.05, 0) is 0 Å². The van der Waals surface area contributed by atoms with E-state index >= 15 is 0 Å². The van der Waals surface area contributed by atoms with E-state index in [4.69, 9.17) is 0 Å². The molecular formula is C10H8N6O. The van der Waals surface area contributed by atoms with Gasteiger partial charge in [0.1, 0.15) is 24.4 Å². The second kappa shape index (κ2) is 3.55. The molecule has 0 spiro atoms. The molecule has 0 saturated carbocycles. The van der Waals surface area contributed by atoms with E-state index in [-0.39, 0.29) is 5.91 Å². The van der Waals surface area contributed by atoms with Crippen molar-refractivity contribution in [2.75, 3.05) is 0 Å². The lowest BCUT2D eigenvalue weighted by molar-refractivity contribution is -0.118. The van der Waals surface area contributed by atoms with Gasteiger partial charge in [0, 0.05) is 18.5 Å². The molecule has 0 aromatic carbocycles. The van der Waals surface area contributed by atoms with E-state index < -0.39 is 5.92 Å². The van der Waals surface area contributed by atoms with E-state index in [0.717, 1.165) is 5.22 Å². The molecule has 1 aliphatic rings. The van der Waals surface area contributed by atoms with Crippen molar-refractivity contribution < 1.29 is 4.79 Å². The lowest BCUT2D eigenvalue weighted by Crippen LogP contribution is -2.36. The summed E-state index contributed by atoms with van der Waals surface area (Å²) in [6.07, 6.45) is 6.16. The Labute approximate surface area is 95.6 Å². The Balaban J connectivity index is 2.20. The fourth-order valence-corrected chi connectivity index (χ4v) is 1.74. The topological polar surface area (TPSA) is 85.9 Å². The number of hydrogen-bond donors (Lipinski definition) is 0. The van der Waals surface area contributed by atoms with E-state index in [9.17, 15) is 4.79 Å². The van der Waals surface area contributed by atoms with Crippen molar-refractivity contribution in [1.29, 1.82) is 0 Å². The second-order valence-electron chi connectivity index (χ2n) is 3.64. The molecule has 0 radical (unpaired) electrons. The molecule has 17 heavy (non-hydrogen) atoms. The van der Waals surface area contributed by atoms with Crippen molar-refractivity contribution in [3.8, 4) is 0 Å². The number of hydrogen-bond acceptors (Lipinski definition) is 5. The van der Waals surface area contributed by atoms with Gasteiger partial charge in [0.15, 0.2) is 5.49 Å². The number of aryl methyl sites for hydroxylation is 1. The maximum atomic E-state index is 11.9. The predicted molar refractivity (Wildman–Crippen MR) is 56.0 cm³/mol. The summed E-state index contributed by atoms with van der Waals surface area (Å²) in [6.45, 7) is 0. The minimum Gasteiger partial charge on any atom is -0.271 e. The SMILES string of the molecule is Cn1ncnc1C1C=c2cncnc2=NC1=O. The van der Waals surface area contributed by atoms with Crippen LogP contribution in [-0.4, -0.2) is 30.6 Å². The summed E-state index contributed by atoms with van der Waals surface area (Å²) in [5, 5.41) is 4.68. The zero-order chi connectivity index (χ0) is 11.8. The van der Waals surface area contributed by atoms with Gasteiger partial charge in [-0.1, -0.05) is 6.08 Å². The van der Waals surface area contributed by atoms with Gasteiger partial charge in [0.2, 0.25) is 0 Å². The largest absolute Gasteiger partial charge is 0.271 e. The summed E-state index contributed by atoms with van der Waals surface area (Å²) in [4.78, 5) is 27.7. The van der Waals surface area contributed by atoms with E-state index in [1.54, 1.807) is 24.0 Å². The van der Waals surface area contributed by atoms with Crippen LogP contribution in [-0.2, 0) is 11.8 Å². The van der Waals surface area contributed by atoms with Crippen LogP contribution in [0.15, 0.2) is 23.8 Å². The van der Waals surface area contributed by atoms with Crippen LogP contribution >= 0.6 is 0 Å². The third kappa shape index (κ3) is 1.52. The monoisotopic (exact) mass is 228 g/mol. The highest BCUT2D eigenvalue weighted by molar-refractivity contribution is 5.90. The van der Waals surface area contributed by atoms with Crippen LogP contribution in [0, 0.1) is 0 Å². The molecule has 84 valence electrons. The first-order valence-electron chi connectivity index (χ1n) is 5.00. The molecule has 0 N–H and O–H groups in total. The number of carbonyl (C=O) groups excluding carboxylic acids is 1. The number of rotatable bonds is 1. The molecule has 3 heterocycles. The molecule has 0 bridgehead atoms. The van der Waals surface area contributed by atoms with Gasteiger partial charge < -0.3 is 0 Å². The fraction of sp³-hybridized carbons (Fsp3) is 0.200. The van der Waals surface area contributed by atoms with Crippen LogP contribution in [0.4, 0.5) is 0 Å². The molecule has 0 aliphatic carbocycles. The Bertz CT molecular complexity index is 704. The average molecular weight is 228 g/mol. The number of fused-ring (bicyclic) bond motifs is 1. The summed E-state index contributed by atoms with van der Waals surface area (Å²) in [5.41, 5.74) is 0.406. The minimum atomic E-state index is -0.513. The summed E-state index contributed by atoms with van der Waals surface area (Å²) in [7, 11) is 1.74. The van der Waals surface area contributed by atoms with Gasteiger partial charge in [-0.15, -0.1) is 0 Å². The molecule has 1 amide bonds. The first kappa shape index (κ1) is 9.76. The van der Waals surface area contributed by atoms with E-state index in [2.05, 4.69) is 25.0 Å². The second-order valence-corrected chi connectivity index (χ2v) is 3.64. The highest BCUT2D eigenvalue weighted by Crippen LogP contribution is 2.16. The third-order valence-corrected chi connectivity index (χ3v) is 2.57. The van der Waals surface area contributed by atoms with Gasteiger partial charge in [-0.3, -0.25) is 9.48 Å². The van der Waals surface area contributed by atoms with E-state index in [1.165, 1.54) is 12.7 Å². The van der Waals surface area contributed by atoms with Gasteiger partial charge >= 0.3 is 0 Å². The highest BCUT2D eigenvalue weighted by Gasteiger charge is 2.24. The van der Waals surface area contributed by atoms with Gasteiger partial charge in [0.05, 0.1) is 0 Å². The average Bonchev–Trinajstić information content (AvgIpc) is 2.74. The number of amides is 1. The fourth-order valence-electron chi connectivity index (χ4n) is 1.74.